The summed E-state index contributed by atoms with van der Waals surface area (Å²) in [7, 11) is 1.21. The lowest BCUT2D eigenvalue weighted by molar-refractivity contribution is -0.142. The first kappa shape index (κ1) is 22.5. The molecule has 1 aliphatic heterocycles. The average molecular weight is 453 g/mol. The molecular formula is C20H24N2O6S2. The van der Waals surface area contributed by atoms with Crippen molar-refractivity contribution >= 4 is 48.3 Å². The van der Waals surface area contributed by atoms with Crippen molar-refractivity contribution in [3.8, 4) is 0 Å². The highest BCUT2D eigenvalue weighted by Crippen LogP contribution is 2.60. The number of amides is 3. The molecule has 1 aliphatic carbocycles. The molecule has 0 radical (unpaired) electrons. The van der Waals surface area contributed by atoms with Crippen LogP contribution in [0.2, 0.25) is 0 Å². The Balaban J connectivity index is 1.79. The number of rotatable bonds is 7. The number of methoxy groups -OCH3 is 1. The van der Waals surface area contributed by atoms with Crippen LogP contribution < -0.4 is 10.6 Å². The summed E-state index contributed by atoms with van der Waals surface area (Å²) in [6, 6.07) is 8.42. The normalized spacial score (nSPS) is 26.1. The number of thiol groups is 1. The number of carbonyl (C=O) groups excluding carboxylic acids is 4. The smallest absolute Gasteiger partial charge is 0.409 e. The highest BCUT2D eigenvalue weighted by Gasteiger charge is 2.68. The van der Waals surface area contributed by atoms with E-state index in [1.807, 2.05) is 30.3 Å². The number of carbonyl (C=O) groups is 4. The first-order chi connectivity index (χ1) is 14.1. The Morgan fingerprint density at radius 3 is 2.53 bits per heavy atom. The van der Waals surface area contributed by atoms with Crippen LogP contribution >= 0.6 is 24.4 Å². The molecule has 4 atom stereocenters. The second-order valence-corrected chi connectivity index (χ2v) is 10.1. The van der Waals surface area contributed by atoms with E-state index in [9.17, 15) is 19.2 Å². The molecule has 2 aliphatic rings. The van der Waals surface area contributed by atoms with Crippen molar-refractivity contribution in [3.05, 3.63) is 35.9 Å². The molecule has 1 aromatic rings. The summed E-state index contributed by atoms with van der Waals surface area (Å²) in [5.41, 5.74) is 0.949. The van der Waals surface area contributed by atoms with Gasteiger partial charge in [-0.25, -0.2) is 9.59 Å². The number of ether oxygens (including phenoxy) is 2. The number of benzene rings is 1. The fourth-order valence-corrected chi connectivity index (χ4v) is 5.61. The molecule has 0 bridgehead atoms. The van der Waals surface area contributed by atoms with Crippen molar-refractivity contribution in [2.45, 2.75) is 41.9 Å². The molecule has 1 heterocycles. The van der Waals surface area contributed by atoms with Gasteiger partial charge in [0, 0.05) is 11.7 Å². The van der Waals surface area contributed by atoms with Crippen molar-refractivity contribution in [2.24, 2.45) is 5.92 Å². The largest absolute Gasteiger partial charge is 0.467 e. The number of imide groups is 1. The molecule has 162 valence electrons. The highest BCUT2D eigenvalue weighted by atomic mass is 32.2. The zero-order valence-electron chi connectivity index (χ0n) is 16.8. The standard InChI is InChI=1S/C20H24N2O6S2/c1-19(2,29)28-18(26)21-14(16(24)27-3)10-30-20-12(11-7-5-4-6-8-11)9-13(20)15(23)22-17(20)25/h4-8,12-14,29H,9-10H2,1-3H3,(H,21,26)(H,22,23,25)/t12-,13-,14-,20+/m0/s1. The van der Waals surface area contributed by atoms with Gasteiger partial charge >= 0.3 is 12.1 Å². The third kappa shape index (κ3) is 4.29. The lowest BCUT2D eigenvalue weighted by Gasteiger charge is -2.48. The Morgan fingerprint density at radius 2 is 1.97 bits per heavy atom. The van der Waals surface area contributed by atoms with Gasteiger partial charge in [0.25, 0.3) is 0 Å². The number of thioether (sulfide) groups is 1. The molecule has 2 N–H and O–H groups in total. The molecule has 2 fully saturated rings. The Bertz CT molecular complexity index is 857. The number of alkyl carbamates (subject to hydrolysis) is 1. The Kier molecular flexibility index (Phi) is 6.37. The number of esters is 1. The van der Waals surface area contributed by atoms with Crippen molar-refractivity contribution in [3.63, 3.8) is 0 Å². The van der Waals surface area contributed by atoms with Crippen LogP contribution in [-0.4, -0.2) is 52.5 Å². The number of hydrogen-bond donors (Lipinski definition) is 3. The van der Waals surface area contributed by atoms with Gasteiger partial charge in [0.15, 0.2) is 4.93 Å². The molecule has 1 saturated carbocycles. The summed E-state index contributed by atoms with van der Waals surface area (Å²) in [6.07, 6.45) is -0.291. The van der Waals surface area contributed by atoms with E-state index in [0.717, 1.165) is 5.56 Å². The van der Waals surface area contributed by atoms with Gasteiger partial charge in [0.1, 0.15) is 10.8 Å². The highest BCUT2D eigenvalue weighted by molar-refractivity contribution is 8.01. The minimum absolute atomic E-state index is 0.0370. The molecule has 3 rings (SSSR count). The molecule has 0 aromatic heterocycles. The third-order valence-corrected chi connectivity index (χ3v) is 7.05. The van der Waals surface area contributed by atoms with Crippen LogP contribution in [0.3, 0.4) is 0 Å². The van der Waals surface area contributed by atoms with E-state index >= 15 is 0 Å². The third-order valence-electron chi connectivity index (χ3n) is 5.23. The number of nitrogens with one attached hydrogen (secondary N) is 2. The fraction of sp³-hybridized carbons (Fsp3) is 0.500. The Labute approximate surface area is 184 Å². The molecule has 8 nitrogen and oxygen atoms in total. The van der Waals surface area contributed by atoms with Crippen LogP contribution in [0.15, 0.2) is 30.3 Å². The van der Waals surface area contributed by atoms with Gasteiger partial charge in [0.05, 0.1) is 13.0 Å². The van der Waals surface area contributed by atoms with E-state index in [2.05, 4.69) is 23.3 Å². The molecule has 1 aromatic carbocycles. The Morgan fingerprint density at radius 1 is 1.30 bits per heavy atom. The summed E-state index contributed by atoms with van der Waals surface area (Å²) >= 11 is 5.31. The van der Waals surface area contributed by atoms with E-state index in [-0.39, 0.29) is 23.5 Å². The molecular weight excluding hydrogens is 428 g/mol. The van der Waals surface area contributed by atoms with Crippen molar-refractivity contribution in [1.29, 1.82) is 0 Å². The predicted molar refractivity (Wildman–Crippen MR) is 114 cm³/mol. The SMILES string of the molecule is COC(=O)[C@H](CS[C@@]12C(=O)NC(=O)[C@@H]1C[C@H]2c1ccccc1)NC(=O)OC(C)(C)S. The summed E-state index contributed by atoms with van der Waals surface area (Å²) in [5, 5.41) is 4.88. The first-order valence-electron chi connectivity index (χ1n) is 9.42. The monoisotopic (exact) mass is 452 g/mol. The maximum Gasteiger partial charge on any atom is 0.409 e. The lowest BCUT2D eigenvalue weighted by Crippen LogP contribution is -2.56. The zero-order valence-corrected chi connectivity index (χ0v) is 18.5. The van der Waals surface area contributed by atoms with Gasteiger partial charge in [-0.05, 0) is 25.8 Å². The van der Waals surface area contributed by atoms with Crippen LogP contribution in [0.4, 0.5) is 4.79 Å². The van der Waals surface area contributed by atoms with Crippen molar-refractivity contribution in [2.75, 3.05) is 12.9 Å². The molecule has 0 spiro atoms. The summed E-state index contributed by atoms with van der Waals surface area (Å²) in [4.78, 5) is 48.4. The maximum absolute atomic E-state index is 12.8. The van der Waals surface area contributed by atoms with Crippen LogP contribution in [0, 0.1) is 5.92 Å². The topological polar surface area (TPSA) is 111 Å². The van der Waals surface area contributed by atoms with E-state index in [1.165, 1.54) is 18.9 Å². The Hall–Kier alpha value is -2.20. The molecule has 0 unspecified atom stereocenters. The van der Waals surface area contributed by atoms with Gasteiger partial charge in [-0.2, -0.15) is 0 Å². The summed E-state index contributed by atoms with van der Waals surface area (Å²) < 4.78 is 8.85. The van der Waals surface area contributed by atoms with E-state index in [1.54, 1.807) is 13.8 Å². The van der Waals surface area contributed by atoms with E-state index < -0.39 is 33.7 Å². The van der Waals surface area contributed by atoms with Gasteiger partial charge in [-0.15, -0.1) is 24.4 Å². The maximum atomic E-state index is 12.8. The second-order valence-electron chi connectivity index (χ2n) is 7.73. The minimum atomic E-state index is -1.06. The average Bonchev–Trinajstić information content (AvgIpc) is 2.82. The number of hydrogen-bond acceptors (Lipinski definition) is 8. The fourth-order valence-electron chi connectivity index (χ4n) is 3.85. The van der Waals surface area contributed by atoms with E-state index in [4.69, 9.17) is 9.47 Å². The van der Waals surface area contributed by atoms with Gasteiger partial charge in [-0.3, -0.25) is 14.9 Å². The van der Waals surface area contributed by atoms with Crippen LogP contribution in [0.1, 0.15) is 31.7 Å². The lowest BCUT2D eigenvalue weighted by atomic mass is 9.62. The van der Waals surface area contributed by atoms with Crippen molar-refractivity contribution < 1.29 is 28.7 Å². The van der Waals surface area contributed by atoms with Crippen LogP contribution in [-0.2, 0) is 23.9 Å². The zero-order chi connectivity index (χ0) is 22.1. The summed E-state index contributed by atoms with van der Waals surface area (Å²) in [6.45, 7) is 3.16. The second kappa shape index (κ2) is 8.50. The van der Waals surface area contributed by atoms with E-state index in [0.29, 0.717) is 6.42 Å². The van der Waals surface area contributed by atoms with Crippen molar-refractivity contribution in [1.82, 2.24) is 10.6 Å². The van der Waals surface area contributed by atoms with Gasteiger partial charge in [0.2, 0.25) is 11.8 Å². The number of fused-ring (bicyclic) bond motifs is 1. The van der Waals surface area contributed by atoms with Crippen LogP contribution in [0.5, 0.6) is 0 Å². The first-order valence-corrected chi connectivity index (χ1v) is 10.9. The van der Waals surface area contributed by atoms with Gasteiger partial charge < -0.3 is 14.8 Å². The predicted octanol–water partition coefficient (Wildman–Crippen LogP) is 1.85. The molecule has 3 amide bonds. The minimum Gasteiger partial charge on any atom is -0.467 e. The van der Waals surface area contributed by atoms with Crippen LogP contribution in [0.25, 0.3) is 0 Å². The molecule has 30 heavy (non-hydrogen) atoms. The van der Waals surface area contributed by atoms with Gasteiger partial charge in [-0.1, -0.05) is 30.3 Å². The summed E-state index contributed by atoms with van der Waals surface area (Å²) in [5.74, 6) is -1.98. The quantitative estimate of drug-likeness (QED) is 0.251. The molecule has 1 saturated heterocycles. The molecule has 10 heteroatoms.